The highest BCUT2D eigenvalue weighted by Crippen LogP contribution is 2.50. The lowest BCUT2D eigenvalue weighted by Crippen LogP contribution is -2.60. The van der Waals surface area contributed by atoms with Crippen LogP contribution in [-0.4, -0.2) is 104 Å². The number of phosphoric ester groups is 1. The molecule has 0 spiro atoms. The van der Waals surface area contributed by atoms with Crippen molar-refractivity contribution in [1.29, 1.82) is 0 Å². The Kier molecular flexibility index (Phi) is 14.3. The molecule has 2 fully saturated rings. The van der Waals surface area contributed by atoms with Crippen LogP contribution in [0.5, 0.6) is 5.75 Å². The Hall–Kier alpha value is -4.58. The first kappa shape index (κ1) is 41.8. The van der Waals surface area contributed by atoms with E-state index in [2.05, 4.69) is 25.8 Å². The van der Waals surface area contributed by atoms with Crippen molar-refractivity contribution in [1.82, 2.24) is 26.2 Å². The van der Waals surface area contributed by atoms with Crippen LogP contribution in [0.25, 0.3) is 0 Å². The monoisotopic (exact) mass is 753 g/mol. The number of hydrogen-bond donors (Lipinski definition) is 9. The summed E-state index contributed by atoms with van der Waals surface area (Å²) in [6, 6.07) is -0.677. The van der Waals surface area contributed by atoms with Gasteiger partial charge in [-0.25, -0.2) is 4.57 Å². The third-order valence-corrected chi connectivity index (χ3v) is 9.15. The van der Waals surface area contributed by atoms with Gasteiger partial charge in [0, 0.05) is 26.3 Å². The fourth-order valence-corrected chi connectivity index (χ4v) is 6.60. The van der Waals surface area contributed by atoms with Crippen LogP contribution in [0.1, 0.15) is 58.9 Å². The maximum atomic E-state index is 14.1. The summed E-state index contributed by atoms with van der Waals surface area (Å²) < 4.78 is 15.7. The molecule has 1 saturated carbocycles. The average Bonchev–Trinajstić information content (AvgIpc) is 3.68. The minimum absolute atomic E-state index is 0.00729. The molecule has 2 aliphatic rings. The highest BCUT2D eigenvalue weighted by Gasteiger charge is 2.57. The molecule has 19 nitrogen and oxygen atoms in total. The molecule has 0 bridgehead atoms. The number of piperidine rings is 1. The zero-order valence-electron chi connectivity index (χ0n) is 29.3. The van der Waals surface area contributed by atoms with E-state index in [-0.39, 0.29) is 55.7 Å². The largest absolute Gasteiger partial charge is 0.524 e. The predicted octanol–water partition coefficient (Wildman–Crippen LogP) is -2.32. The summed E-state index contributed by atoms with van der Waals surface area (Å²) in [4.78, 5) is 109. The van der Waals surface area contributed by atoms with Gasteiger partial charge in [0.15, 0.2) is 0 Å². The van der Waals surface area contributed by atoms with Gasteiger partial charge in [-0.15, -0.1) is 0 Å². The van der Waals surface area contributed by atoms with Gasteiger partial charge in [0.2, 0.25) is 41.4 Å². The number of primary amides is 2. The number of benzene rings is 1. The second-order valence-corrected chi connectivity index (χ2v) is 14.8. The molecule has 20 heteroatoms. The highest BCUT2D eigenvalue weighted by atomic mass is 31.2. The van der Waals surface area contributed by atoms with Crippen molar-refractivity contribution >= 4 is 49.2 Å². The van der Waals surface area contributed by atoms with E-state index in [4.69, 9.17) is 21.3 Å². The molecule has 1 aromatic rings. The van der Waals surface area contributed by atoms with Crippen LogP contribution >= 0.6 is 7.82 Å². The number of hydrogen-bond acceptors (Lipinski definition) is 10. The lowest BCUT2D eigenvalue weighted by atomic mass is 9.99. The summed E-state index contributed by atoms with van der Waals surface area (Å²) in [5.41, 5.74) is 11.1. The summed E-state index contributed by atoms with van der Waals surface area (Å²) in [5.74, 6) is -5.64. The Morgan fingerprint density at radius 3 is 2.06 bits per heavy atom. The molecule has 1 heterocycles. The lowest BCUT2D eigenvalue weighted by molar-refractivity contribution is -0.144. The van der Waals surface area contributed by atoms with Crippen LogP contribution in [0.2, 0.25) is 0 Å². The zero-order chi connectivity index (χ0) is 39.1. The predicted molar refractivity (Wildman–Crippen MR) is 182 cm³/mol. The first-order valence-electron chi connectivity index (χ1n) is 16.7. The van der Waals surface area contributed by atoms with E-state index >= 15 is 0 Å². The molecule has 1 aliphatic heterocycles. The number of carbonyl (C=O) groups is 7. The summed E-state index contributed by atoms with van der Waals surface area (Å²) in [5, 5.41) is 20.0. The van der Waals surface area contributed by atoms with Gasteiger partial charge in [0.05, 0.1) is 6.10 Å². The van der Waals surface area contributed by atoms with Crippen LogP contribution in [0, 0.1) is 17.8 Å². The van der Waals surface area contributed by atoms with Gasteiger partial charge in [-0.1, -0.05) is 26.0 Å². The molecule has 288 valence electrons. The minimum atomic E-state index is -4.79. The number of carbonyl (C=O) groups excluding carboxylic acids is 7. The van der Waals surface area contributed by atoms with E-state index in [0.29, 0.717) is 12.0 Å². The number of phosphoric acid groups is 1. The average molecular weight is 754 g/mol. The number of fused-ring (bicyclic) bond motifs is 1. The summed E-state index contributed by atoms with van der Waals surface area (Å²) in [6.07, 6.45) is -1.17. The molecule has 0 radical (unpaired) electrons. The summed E-state index contributed by atoms with van der Waals surface area (Å²) >= 11 is 0. The first-order chi connectivity index (χ1) is 24.2. The van der Waals surface area contributed by atoms with E-state index in [0.717, 1.165) is 0 Å². The molecule has 1 aromatic carbocycles. The number of nitrogens with one attached hydrogen (secondary N) is 4. The molecule has 3 rings (SSSR count). The molecule has 0 aromatic heterocycles. The molecule has 0 unspecified atom stereocenters. The minimum Gasteiger partial charge on any atom is -0.404 e. The van der Waals surface area contributed by atoms with E-state index in [1.807, 2.05) is 13.8 Å². The second kappa shape index (κ2) is 17.8. The van der Waals surface area contributed by atoms with Crippen molar-refractivity contribution in [3.8, 4) is 5.75 Å². The third kappa shape index (κ3) is 12.3. The fourth-order valence-electron chi connectivity index (χ4n) is 6.20. The molecular formula is C32H48N7O12P. The maximum Gasteiger partial charge on any atom is 0.524 e. The topological polar surface area (TPSA) is 310 Å². The Labute approximate surface area is 300 Å². The van der Waals surface area contributed by atoms with Gasteiger partial charge in [0.1, 0.15) is 36.0 Å². The SMILES string of the molecule is CC(=O)N[C@@H](Cc1ccc(OP(=O)(O)O)cc1)C(=O)N[C@@H](CC(C)C)C(=O)N1C[C@H]2C[C@H]2[C@H]1C(=O)N[C@@H](CCC(N)=O)C(=O)N[C@H](C(N)=O)[C@@H](C)O. The Morgan fingerprint density at radius 1 is 0.923 bits per heavy atom. The molecule has 11 N–H and O–H groups in total. The normalized spacial score (nSPS) is 20.7. The van der Waals surface area contributed by atoms with Crippen LogP contribution < -0.4 is 37.3 Å². The summed E-state index contributed by atoms with van der Waals surface area (Å²) in [6.45, 7) is 6.31. The molecule has 52 heavy (non-hydrogen) atoms. The number of rotatable bonds is 19. The van der Waals surface area contributed by atoms with Crippen LogP contribution in [0.4, 0.5) is 0 Å². The van der Waals surface area contributed by atoms with Crippen molar-refractivity contribution < 1.29 is 57.5 Å². The van der Waals surface area contributed by atoms with Gasteiger partial charge in [-0.3, -0.25) is 43.3 Å². The van der Waals surface area contributed by atoms with E-state index < -0.39 is 85.5 Å². The number of nitrogens with zero attached hydrogens (tertiary/aromatic N) is 1. The zero-order valence-corrected chi connectivity index (χ0v) is 30.2. The number of nitrogens with two attached hydrogens (primary N) is 2. The van der Waals surface area contributed by atoms with Crippen molar-refractivity contribution in [3.05, 3.63) is 29.8 Å². The number of amides is 7. The number of aliphatic hydroxyl groups excluding tert-OH is 1. The third-order valence-electron chi connectivity index (χ3n) is 8.70. The van der Waals surface area contributed by atoms with Crippen LogP contribution in [-0.2, 0) is 44.5 Å². The number of likely N-dealkylation sites (tertiary alicyclic amines) is 1. The Morgan fingerprint density at radius 2 is 1.54 bits per heavy atom. The van der Waals surface area contributed by atoms with Crippen LogP contribution in [0.15, 0.2) is 24.3 Å². The Bertz CT molecular complexity index is 1570. The number of aliphatic hydroxyl groups is 1. The van der Waals surface area contributed by atoms with Crippen molar-refractivity contribution in [2.45, 2.75) is 96.1 Å². The smallest absolute Gasteiger partial charge is 0.404 e. The lowest BCUT2D eigenvalue weighted by Gasteiger charge is -2.33. The second-order valence-electron chi connectivity index (χ2n) is 13.7. The van der Waals surface area contributed by atoms with E-state index in [1.165, 1.54) is 43.0 Å². The van der Waals surface area contributed by atoms with E-state index in [9.17, 15) is 43.2 Å². The summed E-state index contributed by atoms with van der Waals surface area (Å²) in [7, 11) is -4.79. The highest BCUT2D eigenvalue weighted by molar-refractivity contribution is 7.46. The molecular weight excluding hydrogens is 705 g/mol. The standard InChI is InChI=1S/C32H48N7O12P/c1-15(2)11-24(37-30(45)23(35-17(4)41)12-18-5-7-20(8-6-18)51-52(48,49)50)32(47)39-14-19-13-21(19)27(39)31(46)36-22(9-10-25(33)42)29(44)38-26(16(3)40)28(34)43/h5-8,15-16,19,21-24,26-27,40H,9-14H2,1-4H3,(H2,33,42)(H2,34,43)(H,35,41)(H,36,46)(H,37,45)(H,38,44)(H2,48,49,50)/t16-,19-,21-,22+,23+,24+,26+,27+/m1/s1. The fraction of sp³-hybridized carbons (Fsp3) is 0.594. The molecule has 1 saturated heterocycles. The first-order valence-corrected chi connectivity index (χ1v) is 18.3. The Balaban J connectivity index is 1.80. The van der Waals surface area contributed by atoms with Gasteiger partial charge in [-0.05, 0) is 61.6 Å². The maximum absolute atomic E-state index is 14.1. The molecule has 1 aliphatic carbocycles. The van der Waals surface area contributed by atoms with Gasteiger partial charge >= 0.3 is 7.82 Å². The molecule has 7 amide bonds. The van der Waals surface area contributed by atoms with Crippen molar-refractivity contribution in [2.75, 3.05) is 6.54 Å². The van der Waals surface area contributed by atoms with Crippen molar-refractivity contribution in [2.24, 2.45) is 29.2 Å². The van der Waals surface area contributed by atoms with E-state index in [1.54, 1.807) is 0 Å². The van der Waals surface area contributed by atoms with Gasteiger partial charge in [-0.2, -0.15) is 0 Å². The van der Waals surface area contributed by atoms with Crippen LogP contribution in [0.3, 0.4) is 0 Å². The quantitative estimate of drug-likeness (QED) is 0.0673. The van der Waals surface area contributed by atoms with Gasteiger partial charge < -0.3 is 47.3 Å². The molecule has 8 atom stereocenters. The van der Waals surface area contributed by atoms with Crippen molar-refractivity contribution in [3.63, 3.8) is 0 Å². The van der Waals surface area contributed by atoms with Gasteiger partial charge in [0.25, 0.3) is 0 Å².